The van der Waals surface area contributed by atoms with E-state index in [9.17, 15) is 4.39 Å². The molecule has 0 aromatic heterocycles. The number of rotatable bonds is 0. The summed E-state index contributed by atoms with van der Waals surface area (Å²) in [6, 6.07) is 0. The van der Waals surface area contributed by atoms with Crippen LogP contribution in [0.2, 0.25) is 0 Å². The first-order valence-corrected chi connectivity index (χ1v) is 5.90. The van der Waals surface area contributed by atoms with Gasteiger partial charge in [-0.1, -0.05) is 0 Å². The second-order valence-electron chi connectivity index (χ2n) is 4.36. The molecule has 2 aliphatic heterocycles. The minimum Gasteiger partial charge on any atom is -1.00 e. The second kappa shape index (κ2) is 6.46. The Morgan fingerprint density at radius 3 is 2.00 bits per heavy atom. The van der Waals surface area contributed by atoms with Gasteiger partial charge in [-0.15, -0.1) is 4.39 Å². The highest BCUT2D eigenvalue weighted by atomic mass is 79.9. The van der Waals surface area contributed by atoms with Crippen LogP contribution in [0, 0.1) is 0 Å². The Bertz CT molecular complexity index is 217. The van der Waals surface area contributed by atoms with E-state index in [1.54, 1.807) is 0 Å². The third-order valence-electron chi connectivity index (χ3n) is 3.23. The predicted molar refractivity (Wildman–Crippen MR) is 55.4 cm³/mol. The molecule has 0 spiro atoms. The van der Waals surface area contributed by atoms with Crippen LogP contribution in [0.15, 0.2) is 0 Å². The van der Waals surface area contributed by atoms with Gasteiger partial charge in [0.05, 0.1) is 26.2 Å². The first-order valence-electron chi connectivity index (χ1n) is 5.90. The minimum absolute atomic E-state index is 0. The molecule has 0 aliphatic carbocycles. The van der Waals surface area contributed by atoms with Crippen LogP contribution in [-0.2, 0) is 0 Å². The van der Waals surface area contributed by atoms with Gasteiger partial charge in [0.1, 0.15) is 0 Å². The van der Waals surface area contributed by atoms with Crippen molar-refractivity contribution >= 4 is 6.09 Å². The summed E-state index contributed by atoms with van der Waals surface area (Å²) in [7, 11) is 0. The number of halogens is 2. The lowest BCUT2D eigenvalue weighted by molar-refractivity contribution is -0.547. The molecule has 15 heavy (non-hydrogen) atoms. The SMILES string of the molecule is FC(N1CCCCC1)=[N+]1CCCCC1.[Br-]. The summed E-state index contributed by atoms with van der Waals surface area (Å²) >= 11 is 0. The number of hydrogen-bond acceptors (Lipinski definition) is 0. The van der Waals surface area contributed by atoms with Crippen LogP contribution in [0.5, 0.6) is 0 Å². The van der Waals surface area contributed by atoms with Crippen LogP contribution in [0.1, 0.15) is 38.5 Å². The molecular weight excluding hydrogens is 259 g/mol. The summed E-state index contributed by atoms with van der Waals surface area (Å²) in [5, 5.41) is 0. The van der Waals surface area contributed by atoms with Crippen molar-refractivity contribution in [2.45, 2.75) is 38.5 Å². The van der Waals surface area contributed by atoms with Gasteiger partial charge < -0.3 is 17.0 Å². The van der Waals surface area contributed by atoms with Crippen molar-refractivity contribution in [3.63, 3.8) is 0 Å². The molecular formula is C11H20BrFN2. The molecule has 0 atom stereocenters. The highest BCUT2D eigenvalue weighted by Gasteiger charge is 2.25. The quantitative estimate of drug-likeness (QED) is 0.313. The van der Waals surface area contributed by atoms with Crippen LogP contribution in [0.3, 0.4) is 0 Å². The summed E-state index contributed by atoms with van der Waals surface area (Å²) in [4.78, 5) is 1.93. The van der Waals surface area contributed by atoms with E-state index in [-0.39, 0.29) is 23.1 Å². The van der Waals surface area contributed by atoms with Crippen molar-refractivity contribution in [2.24, 2.45) is 0 Å². The van der Waals surface area contributed by atoms with Gasteiger partial charge in [-0.2, -0.15) is 0 Å². The largest absolute Gasteiger partial charge is 1.00 e. The maximum Gasteiger partial charge on any atom is 0.435 e. The average Bonchev–Trinajstić information content (AvgIpc) is 2.30. The van der Waals surface area contributed by atoms with Gasteiger partial charge in [-0.05, 0) is 38.5 Å². The van der Waals surface area contributed by atoms with Gasteiger partial charge in [0, 0.05) is 0 Å². The third kappa shape index (κ3) is 3.44. The van der Waals surface area contributed by atoms with Gasteiger partial charge >= 0.3 is 6.09 Å². The number of nitrogens with zero attached hydrogens (tertiary/aromatic N) is 2. The van der Waals surface area contributed by atoms with Crippen molar-refractivity contribution in [3.8, 4) is 0 Å². The van der Waals surface area contributed by atoms with Gasteiger partial charge in [0.25, 0.3) is 0 Å². The monoisotopic (exact) mass is 278 g/mol. The molecule has 88 valence electrons. The Labute approximate surface area is 102 Å². The number of piperidine rings is 2. The first-order chi connectivity index (χ1) is 6.88. The van der Waals surface area contributed by atoms with Crippen LogP contribution < -0.4 is 17.0 Å². The molecule has 2 saturated heterocycles. The Balaban J connectivity index is 0.00000112. The zero-order chi connectivity index (χ0) is 9.80. The zero-order valence-corrected chi connectivity index (χ0v) is 10.8. The Morgan fingerprint density at radius 2 is 1.40 bits per heavy atom. The highest BCUT2D eigenvalue weighted by Crippen LogP contribution is 2.12. The fraction of sp³-hybridized carbons (Fsp3) is 0.909. The normalized spacial score (nSPS) is 22.2. The second-order valence-corrected chi connectivity index (χ2v) is 4.36. The molecule has 0 aromatic rings. The molecule has 2 aliphatic rings. The molecule has 0 aromatic carbocycles. The molecule has 2 fully saturated rings. The summed E-state index contributed by atoms with van der Waals surface area (Å²) in [5.74, 6) is 0. The van der Waals surface area contributed by atoms with Gasteiger partial charge in [-0.3, -0.25) is 0 Å². The van der Waals surface area contributed by atoms with E-state index in [1.807, 2.05) is 9.48 Å². The molecule has 0 unspecified atom stereocenters. The number of amidine groups is 1. The lowest BCUT2D eigenvalue weighted by Crippen LogP contribution is -3.00. The average molecular weight is 279 g/mol. The van der Waals surface area contributed by atoms with E-state index < -0.39 is 0 Å². The van der Waals surface area contributed by atoms with Gasteiger partial charge in [0.2, 0.25) is 0 Å². The predicted octanol–water partition coefficient (Wildman–Crippen LogP) is -1.00. The highest BCUT2D eigenvalue weighted by molar-refractivity contribution is 5.67. The molecule has 0 saturated carbocycles. The summed E-state index contributed by atoms with van der Waals surface area (Å²) in [6.45, 7) is 3.68. The summed E-state index contributed by atoms with van der Waals surface area (Å²) < 4.78 is 15.9. The fourth-order valence-electron chi connectivity index (χ4n) is 2.36. The standard InChI is InChI=1S/C11H20FN2.BrH/c12-11(13-7-3-1-4-8-13)14-9-5-2-6-10-14;/h1-10H2;1H/q+1;/p-1. The molecule has 2 heterocycles. The lowest BCUT2D eigenvalue weighted by atomic mass is 10.1. The van der Waals surface area contributed by atoms with Gasteiger partial charge in [-0.25, -0.2) is 9.48 Å². The van der Waals surface area contributed by atoms with Crippen molar-refractivity contribution in [3.05, 3.63) is 0 Å². The van der Waals surface area contributed by atoms with E-state index >= 15 is 0 Å². The molecule has 2 nitrogen and oxygen atoms in total. The summed E-state index contributed by atoms with van der Waals surface area (Å²) in [6.07, 6.45) is 7.20. The number of hydrogen-bond donors (Lipinski definition) is 0. The van der Waals surface area contributed by atoms with E-state index in [1.165, 1.54) is 12.8 Å². The molecule has 0 N–H and O–H groups in total. The maximum absolute atomic E-state index is 13.9. The van der Waals surface area contributed by atoms with Crippen LogP contribution in [0.4, 0.5) is 4.39 Å². The Hall–Kier alpha value is -0.120. The van der Waals surface area contributed by atoms with E-state index in [0.29, 0.717) is 0 Å². The Kier molecular flexibility index (Phi) is 5.58. The zero-order valence-electron chi connectivity index (χ0n) is 9.22. The molecule has 0 bridgehead atoms. The molecule has 0 amide bonds. The summed E-state index contributed by atoms with van der Waals surface area (Å²) in [5.41, 5.74) is 0. The van der Waals surface area contributed by atoms with Crippen molar-refractivity contribution in [1.29, 1.82) is 0 Å². The van der Waals surface area contributed by atoms with Crippen molar-refractivity contribution in [1.82, 2.24) is 4.90 Å². The topological polar surface area (TPSA) is 6.25 Å². The van der Waals surface area contributed by atoms with Crippen LogP contribution >= 0.6 is 0 Å². The van der Waals surface area contributed by atoms with E-state index in [0.717, 1.165) is 51.9 Å². The molecule has 4 heteroatoms. The van der Waals surface area contributed by atoms with Gasteiger partial charge in [0.15, 0.2) is 0 Å². The lowest BCUT2D eigenvalue weighted by Gasteiger charge is -2.22. The maximum atomic E-state index is 13.9. The van der Waals surface area contributed by atoms with Crippen LogP contribution in [-0.4, -0.2) is 41.7 Å². The van der Waals surface area contributed by atoms with E-state index in [2.05, 4.69) is 0 Å². The molecule has 0 radical (unpaired) electrons. The minimum atomic E-state index is 0. The fourth-order valence-corrected chi connectivity index (χ4v) is 2.36. The third-order valence-corrected chi connectivity index (χ3v) is 3.23. The molecule has 2 rings (SSSR count). The van der Waals surface area contributed by atoms with E-state index in [4.69, 9.17) is 0 Å². The smallest absolute Gasteiger partial charge is 0.435 e. The van der Waals surface area contributed by atoms with Crippen molar-refractivity contribution in [2.75, 3.05) is 26.2 Å². The van der Waals surface area contributed by atoms with Crippen LogP contribution in [0.25, 0.3) is 0 Å². The van der Waals surface area contributed by atoms with Crippen molar-refractivity contribution < 1.29 is 25.9 Å². The Morgan fingerprint density at radius 1 is 0.867 bits per heavy atom. The number of likely N-dealkylation sites (tertiary alicyclic amines) is 1. The first kappa shape index (κ1) is 12.9.